The summed E-state index contributed by atoms with van der Waals surface area (Å²) in [5, 5.41) is 6.13. The second-order valence-electron chi connectivity index (χ2n) is 6.34. The molecule has 1 aliphatic rings. The fraction of sp³-hybridized carbons (Fsp3) is 0.190. The number of aromatic nitrogens is 2. The van der Waals surface area contributed by atoms with E-state index in [1.807, 2.05) is 18.2 Å². The van der Waals surface area contributed by atoms with Crippen molar-refractivity contribution in [3.63, 3.8) is 0 Å². The van der Waals surface area contributed by atoms with Crippen LogP contribution in [0.2, 0.25) is 0 Å². The molecule has 28 heavy (non-hydrogen) atoms. The van der Waals surface area contributed by atoms with Gasteiger partial charge in [0.2, 0.25) is 6.79 Å². The molecule has 0 radical (unpaired) electrons. The van der Waals surface area contributed by atoms with E-state index in [-0.39, 0.29) is 18.4 Å². The third kappa shape index (κ3) is 3.73. The van der Waals surface area contributed by atoms with Gasteiger partial charge in [-0.05, 0) is 37.1 Å². The number of aryl methyl sites for hydroxylation is 2. The van der Waals surface area contributed by atoms with Crippen LogP contribution >= 0.6 is 0 Å². The zero-order valence-electron chi connectivity index (χ0n) is 15.7. The summed E-state index contributed by atoms with van der Waals surface area (Å²) in [5.41, 5.74) is 3.02. The number of rotatable bonds is 5. The number of para-hydroxylation sites is 1. The predicted molar refractivity (Wildman–Crippen MR) is 106 cm³/mol. The van der Waals surface area contributed by atoms with Gasteiger partial charge in [0.1, 0.15) is 17.3 Å². The Labute approximate surface area is 162 Å². The first-order valence-electron chi connectivity index (χ1n) is 9.04. The van der Waals surface area contributed by atoms with Crippen molar-refractivity contribution >= 4 is 23.1 Å². The number of fused-ring (bicyclic) bond motifs is 1. The van der Waals surface area contributed by atoms with Crippen molar-refractivity contribution in [3.8, 4) is 11.5 Å². The average Bonchev–Trinajstić information content (AvgIpc) is 3.16. The first-order valence-corrected chi connectivity index (χ1v) is 9.04. The van der Waals surface area contributed by atoms with Gasteiger partial charge in [-0.1, -0.05) is 25.1 Å². The van der Waals surface area contributed by atoms with E-state index in [1.54, 1.807) is 31.2 Å². The summed E-state index contributed by atoms with van der Waals surface area (Å²) in [7, 11) is 0. The lowest BCUT2D eigenvalue weighted by Gasteiger charge is -2.12. The first-order chi connectivity index (χ1) is 13.6. The Balaban J connectivity index is 1.55. The molecule has 0 saturated heterocycles. The van der Waals surface area contributed by atoms with Crippen molar-refractivity contribution in [1.82, 2.24) is 9.97 Å². The van der Waals surface area contributed by atoms with Crippen LogP contribution in [0.5, 0.6) is 11.5 Å². The predicted octanol–water partition coefficient (Wildman–Crippen LogP) is 4.07. The maximum absolute atomic E-state index is 12.7. The van der Waals surface area contributed by atoms with Gasteiger partial charge < -0.3 is 20.1 Å². The molecule has 0 fully saturated rings. The van der Waals surface area contributed by atoms with Gasteiger partial charge >= 0.3 is 0 Å². The molecule has 0 atom stereocenters. The Kier molecular flexibility index (Phi) is 4.80. The lowest BCUT2D eigenvalue weighted by molar-refractivity contribution is 0.102. The first kappa shape index (κ1) is 17.8. The minimum atomic E-state index is -0.323. The molecule has 1 aliphatic heterocycles. The molecule has 142 valence electrons. The van der Waals surface area contributed by atoms with Crippen LogP contribution in [0.3, 0.4) is 0 Å². The van der Waals surface area contributed by atoms with Crippen molar-refractivity contribution in [2.45, 2.75) is 20.3 Å². The van der Waals surface area contributed by atoms with Crippen LogP contribution in [0.25, 0.3) is 0 Å². The molecule has 0 unspecified atom stereocenters. The quantitative estimate of drug-likeness (QED) is 0.698. The van der Waals surface area contributed by atoms with Gasteiger partial charge in [-0.3, -0.25) is 4.79 Å². The fourth-order valence-corrected chi connectivity index (χ4v) is 3.01. The molecule has 4 rings (SSSR count). The SMILES string of the molecule is CCc1ccccc1Nc1cc(C(=O)Nc2ccc3c(c2)OCO3)nc(C)n1. The summed E-state index contributed by atoms with van der Waals surface area (Å²) < 4.78 is 10.6. The highest BCUT2D eigenvalue weighted by Crippen LogP contribution is 2.34. The summed E-state index contributed by atoms with van der Waals surface area (Å²) in [4.78, 5) is 21.4. The minimum Gasteiger partial charge on any atom is -0.454 e. The van der Waals surface area contributed by atoms with Crippen LogP contribution in [0.1, 0.15) is 28.8 Å². The Bertz CT molecular complexity index is 1040. The topological polar surface area (TPSA) is 85.4 Å². The number of benzene rings is 2. The molecule has 2 heterocycles. The second-order valence-corrected chi connectivity index (χ2v) is 6.34. The molecule has 7 nitrogen and oxygen atoms in total. The minimum absolute atomic E-state index is 0.187. The Morgan fingerprint density at radius 2 is 1.89 bits per heavy atom. The highest BCUT2D eigenvalue weighted by Gasteiger charge is 2.16. The van der Waals surface area contributed by atoms with E-state index >= 15 is 0 Å². The van der Waals surface area contributed by atoms with E-state index in [0.717, 1.165) is 12.1 Å². The highest BCUT2D eigenvalue weighted by atomic mass is 16.7. The number of hydrogen-bond acceptors (Lipinski definition) is 6. The van der Waals surface area contributed by atoms with Crippen molar-refractivity contribution in [1.29, 1.82) is 0 Å². The van der Waals surface area contributed by atoms with Gasteiger partial charge in [0.25, 0.3) is 5.91 Å². The molecule has 3 aromatic rings. The number of anilines is 3. The molecular weight excluding hydrogens is 356 g/mol. The number of nitrogens with zero attached hydrogens (tertiary/aromatic N) is 2. The number of ether oxygens (including phenoxy) is 2. The molecule has 7 heteroatoms. The Morgan fingerprint density at radius 3 is 2.75 bits per heavy atom. The number of carbonyl (C=O) groups is 1. The van der Waals surface area contributed by atoms with Crippen LogP contribution in [0.15, 0.2) is 48.5 Å². The van der Waals surface area contributed by atoms with Crippen molar-refractivity contribution in [2.24, 2.45) is 0 Å². The molecule has 0 spiro atoms. The van der Waals surface area contributed by atoms with Crippen molar-refractivity contribution in [3.05, 3.63) is 65.6 Å². The molecule has 0 aliphatic carbocycles. The van der Waals surface area contributed by atoms with Gasteiger partial charge in [-0.2, -0.15) is 0 Å². The monoisotopic (exact) mass is 376 g/mol. The fourth-order valence-electron chi connectivity index (χ4n) is 3.01. The highest BCUT2D eigenvalue weighted by molar-refractivity contribution is 6.03. The third-order valence-corrected chi connectivity index (χ3v) is 4.36. The van der Waals surface area contributed by atoms with Gasteiger partial charge in [0, 0.05) is 23.5 Å². The van der Waals surface area contributed by atoms with E-state index in [4.69, 9.17) is 9.47 Å². The molecule has 1 aromatic heterocycles. The van der Waals surface area contributed by atoms with Gasteiger partial charge in [0.15, 0.2) is 11.5 Å². The summed E-state index contributed by atoms with van der Waals surface area (Å²) in [5.74, 6) is 2.03. The van der Waals surface area contributed by atoms with E-state index in [9.17, 15) is 4.79 Å². The normalized spacial score (nSPS) is 11.9. The summed E-state index contributed by atoms with van der Waals surface area (Å²) >= 11 is 0. The van der Waals surface area contributed by atoms with Gasteiger partial charge in [-0.25, -0.2) is 9.97 Å². The van der Waals surface area contributed by atoms with Crippen LogP contribution < -0.4 is 20.1 Å². The van der Waals surface area contributed by atoms with Crippen molar-refractivity contribution in [2.75, 3.05) is 17.4 Å². The molecule has 0 bridgehead atoms. The molecule has 2 N–H and O–H groups in total. The largest absolute Gasteiger partial charge is 0.454 e. The van der Waals surface area contributed by atoms with E-state index < -0.39 is 0 Å². The number of amides is 1. The molecule has 1 amide bonds. The number of carbonyl (C=O) groups excluding carboxylic acids is 1. The summed E-state index contributed by atoms with van der Waals surface area (Å²) in [6.07, 6.45) is 0.894. The zero-order chi connectivity index (χ0) is 19.5. The zero-order valence-corrected chi connectivity index (χ0v) is 15.7. The maximum atomic E-state index is 12.7. The summed E-state index contributed by atoms with van der Waals surface area (Å²) in [6.45, 7) is 4.04. The van der Waals surface area contributed by atoms with Crippen LogP contribution in [0, 0.1) is 6.92 Å². The molecular formula is C21H20N4O3. The Hall–Kier alpha value is -3.61. The van der Waals surface area contributed by atoms with Crippen molar-refractivity contribution < 1.29 is 14.3 Å². The Morgan fingerprint density at radius 1 is 1.07 bits per heavy atom. The van der Waals surface area contributed by atoms with E-state index in [2.05, 4.69) is 33.6 Å². The van der Waals surface area contributed by atoms with Crippen LogP contribution in [0.4, 0.5) is 17.2 Å². The maximum Gasteiger partial charge on any atom is 0.274 e. The number of hydrogen-bond donors (Lipinski definition) is 2. The average molecular weight is 376 g/mol. The second kappa shape index (κ2) is 7.56. The van der Waals surface area contributed by atoms with E-state index in [1.165, 1.54) is 5.56 Å². The summed E-state index contributed by atoms with van der Waals surface area (Å²) in [6, 6.07) is 14.9. The smallest absolute Gasteiger partial charge is 0.274 e. The third-order valence-electron chi connectivity index (χ3n) is 4.36. The molecule has 2 aromatic carbocycles. The van der Waals surface area contributed by atoms with Gasteiger partial charge in [0.05, 0.1) is 0 Å². The van der Waals surface area contributed by atoms with Crippen LogP contribution in [-0.2, 0) is 6.42 Å². The standard InChI is InChI=1S/C21H20N4O3/c1-3-14-6-4-5-7-16(14)25-20-11-17(22-13(2)23-20)21(26)24-15-8-9-18-19(10-15)28-12-27-18/h4-11H,3,12H2,1-2H3,(H,24,26)(H,22,23,25). The lowest BCUT2D eigenvalue weighted by Crippen LogP contribution is -2.15. The number of nitrogens with one attached hydrogen (secondary N) is 2. The lowest BCUT2D eigenvalue weighted by atomic mass is 10.1. The molecule has 0 saturated carbocycles. The van der Waals surface area contributed by atoms with E-state index in [0.29, 0.717) is 28.8 Å². The van der Waals surface area contributed by atoms with Crippen LogP contribution in [-0.4, -0.2) is 22.7 Å². The van der Waals surface area contributed by atoms with Gasteiger partial charge in [-0.15, -0.1) is 0 Å².